The molecule has 2 amide bonds. The zero-order valence-corrected chi connectivity index (χ0v) is 17.2. The molecule has 0 aliphatic carbocycles. The molecule has 0 fully saturated rings. The number of halogens is 6. The Balaban J connectivity index is 1.97. The minimum Gasteiger partial charge on any atom is -0.404 e. The van der Waals surface area contributed by atoms with Gasteiger partial charge < -0.3 is 10.1 Å². The van der Waals surface area contributed by atoms with E-state index >= 15 is 0 Å². The molecule has 3 rings (SSSR count). The highest BCUT2D eigenvalue weighted by Gasteiger charge is 2.34. The number of aromatic nitrogens is 1. The Morgan fingerprint density at radius 3 is 2.50 bits per heavy atom. The smallest absolute Gasteiger partial charge is 0.404 e. The van der Waals surface area contributed by atoms with Crippen LogP contribution >= 0.6 is 23.2 Å². The predicted molar refractivity (Wildman–Crippen MR) is 104 cm³/mol. The van der Waals surface area contributed by atoms with Crippen LogP contribution < -0.4 is 26.4 Å². The molecule has 32 heavy (non-hydrogen) atoms. The van der Waals surface area contributed by atoms with Crippen LogP contribution in [0.2, 0.25) is 10.0 Å². The van der Waals surface area contributed by atoms with Crippen molar-refractivity contribution in [3.63, 3.8) is 0 Å². The van der Waals surface area contributed by atoms with Crippen molar-refractivity contribution < 1.29 is 31.9 Å². The number of benzene rings is 1. The SMILES string of the molecule is CN1NNN=C1NC(=O)c1ccc(OC(F)(F)F)c(NC(=O)c2ncc(Cl)cc2F)c1Cl. The highest BCUT2D eigenvalue weighted by molar-refractivity contribution is 6.38. The van der Waals surface area contributed by atoms with Gasteiger partial charge in [-0.15, -0.1) is 23.8 Å². The van der Waals surface area contributed by atoms with Gasteiger partial charge in [0.15, 0.2) is 17.3 Å². The second-order valence-electron chi connectivity index (χ2n) is 5.96. The molecule has 0 unspecified atom stereocenters. The predicted octanol–water partition coefficient (Wildman–Crippen LogP) is 2.63. The number of pyridine rings is 1. The lowest BCUT2D eigenvalue weighted by molar-refractivity contribution is -0.274. The number of hydrazine groups is 2. The number of hydrogen-bond acceptors (Lipinski definition) is 8. The van der Waals surface area contributed by atoms with Gasteiger partial charge in [0.25, 0.3) is 11.8 Å². The molecule has 2 aromatic rings. The van der Waals surface area contributed by atoms with Crippen molar-refractivity contribution in [2.75, 3.05) is 12.4 Å². The second kappa shape index (κ2) is 9.02. The van der Waals surface area contributed by atoms with Gasteiger partial charge >= 0.3 is 6.36 Å². The van der Waals surface area contributed by atoms with Crippen LogP contribution in [-0.2, 0) is 0 Å². The number of carbonyl (C=O) groups is 2. The van der Waals surface area contributed by atoms with E-state index in [0.717, 1.165) is 24.4 Å². The molecule has 4 N–H and O–H groups in total. The molecule has 0 radical (unpaired) electrons. The van der Waals surface area contributed by atoms with Gasteiger partial charge in [-0.3, -0.25) is 19.9 Å². The van der Waals surface area contributed by atoms with Crippen molar-refractivity contribution in [1.29, 1.82) is 0 Å². The number of rotatable bonds is 4. The molecule has 10 nitrogen and oxygen atoms in total. The summed E-state index contributed by atoms with van der Waals surface area (Å²) in [6.45, 7) is 0. The Hall–Kier alpha value is -3.36. The molecule has 16 heteroatoms. The summed E-state index contributed by atoms with van der Waals surface area (Å²) in [5.41, 5.74) is 3.01. The lowest BCUT2D eigenvalue weighted by Crippen LogP contribution is -2.45. The molecule has 2 heterocycles. The summed E-state index contributed by atoms with van der Waals surface area (Å²) in [4.78, 5) is 28.5. The third kappa shape index (κ3) is 5.27. The number of alkyl halides is 3. The van der Waals surface area contributed by atoms with E-state index in [4.69, 9.17) is 23.2 Å². The number of nitrogens with one attached hydrogen (secondary N) is 4. The maximum atomic E-state index is 14.0. The number of hydrogen-bond donors (Lipinski definition) is 4. The highest BCUT2D eigenvalue weighted by Crippen LogP contribution is 2.38. The largest absolute Gasteiger partial charge is 0.573 e. The van der Waals surface area contributed by atoms with E-state index in [9.17, 15) is 27.2 Å². The van der Waals surface area contributed by atoms with Crippen LogP contribution in [0.3, 0.4) is 0 Å². The van der Waals surface area contributed by atoms with E-state index in [1.54, 1.807) is 0 Å². The van der Waals surface area contributed by atoms with Crippen molar-refractivity contribution in [3.8, 4) is 5.75 Å². The van der Waals surface area contributed by atoms with E-state index in [1.807, 2.05) is 5.32 Å². The van der Waals surface area contributed by atoms with Crippen LogP contribution in [-0.4, -0.2) is 41.2 Å². The number of ether oxygens (including phenoxy) is 1. The lowest BCUT2D eigenvalue weighted by Gasteiger charge is -2.18. The summed E-state index contributed by atoms with van der Waals surface area (Å²) in [6.07, 6.45) is -4.20. The first kappa shape index (κ1) is 23.3. The molecule has 0 saturated carbocycles. The molecule has 1 aromatic carbocycles. The van der Waals surface area contributed by atoms with Gasteiger partial charge in [0.2, 0.25) is 5.96 Å². The standard InChI is InChI=1S/C16H11Cl2F4N7O3/c1-29-15(26-27-28-29)25-13(30)7-2-3-9(32-16(20,21)22)12(10(7)18)24-14(31)11-8(19)4-6(17)5-23-11/h2-5,27-28H,1H3,(H,24,31)(H,25,26,30). The number of guanidine groups is 1. The zero-order chi connectivity index (χ0) is 23.6. The average Bonchev–Trinajstić information content (AvgIpc) is 3.07. The average molecular weight is 496 g/mol. The Morgan fingerprint density at radius 1 is 1.19 bits per heavy atom. The second-order valence-corrected chi connectivity index (χ2v) is 6.77. The fraction of sp³-hybridized carbons (Fsp3) is 0.125. The third-order valence-corrected chi connectivity index (χ3v) is 4.36. The van der Waals surface area contributed by atoms with Crippen LogP contribution in [0.5, 0.6) is 5.75 Å². The Labute approximate surface area is 186 Å². The lowest BCUT2D eigenvalue weighted by atomic mass is 10.1. The van der Waals surface area contributed by atoms with Crippen LogP contribution in [0.4, 0.5) is 23.2 Å². The van der Waals surface area contributed by atoms with Crippen molar-refractivity contribution in [3.05, 3.63) is 51.5 Å². The van der Waals surface area contributed by atoms with Crippen LogP contribution in [0.25, 0.3) is 0 Å². The van der Waals surface area contributed by atoms with Gasteiger partial charge in [-0.05, 0) is 18.2 Å². The van der Waals surface area contributed by atoms with Crippen LogP contribution in [0, 0.1) is 5.82 Å². The van der Waals surface area contributed by atoms with Crippen LogP contribution in [0.1, 0.15) is 20.8 Å². The maximum Gasteiger partial charge on any atom is 0.573 e. The van der Waals surface area contributed by atoms with Crippen LogP contribution in [0.15, 0.2) is 29.5 Å². The topological polar surface area (TPSA) is 120 Å². The summed E-state index contributed by atoms with van der Waals surface area (Å²) in [5, 5.41) is 8.60. The summed E-state index contributed by atoms with van der Waals surface area (Å²) in [7, 11) is 1.50. The molecule has 1 aliphatic heterocycles. The monoisotopic (exact) mass is 495 g/mol. The molecule has 0 saturated heterocycles. The first-order valence-corrected chi connectivity index (χ1v) is 9.06. The summed E-state index contributed by atoms with van der Waals surface area (Å²) >= 11 is 11.7. The number of amides is 2. The number of hydrazone groups is 1. The Bertz CT molecular complexity index is 1110. The molecular formula is C16H11Cl2F4N7O3. The van der Waals surface area contributed by atoms with E-state index in [2.05, 4.69) is 31.2 Å². The van der Waals surface area contributed by atoms with E-state index in [1.165, 1.54) is 12.1 Å². The molecule has 0 bridgehead atoms. The normalized spacial score (nSPS) is 13.3. The molecule has 170 valence electrons. The number of carbonyl (C=O) groups excluding carboxylic acids is 2. The third-order valence-electron chi connectivity index (χ3n) is 3.76. The maximum absolute atomic E-state index is 14.0. The van der Waals surface area contributed by atoms with Crippen molar-refractivity contribution in [2.45, 2.75) is 6.36 Å². The van der Waals surface area contributed by atoms with Gasteiger partial charge in [0, 0.05) is 13.2 Å². The minimum atomic E-state index is -5.16. The first-order valence-electron chi connectivity index (χ1n) is 8.30. The van der Waals surface area contributed by atoms with Gasteiger partial charge in [-0.2, -0.15) is 0 Å². The van der Waals surface area contributed by atoms with Gasteiger partial charge in [-0.25, -0.2) is 14.9 Å². The number of nitrogens with zero attached hydrogens (tertiary/aromatic N) is 3. The summed E-state index contributed by atoms with van der Waals surface area (Å²) in [6, 6.07) is 2.47. The van der Waals surface area contributed by atoms with Gasteiger partial charge in [0.1, 0.15) is 5.69 Å². The first-order chi connectivity index (χ1) is 15.0. The fourth-order valence-electron chi connectivity index (χ4n) is 2.38. The van der Waals surface area contributed by atoms with E-state index in [0.29, 0.717) is 0 Å². The number of anilines is 1. The molecule has 0 atom stereocenters. The van der Waals surface area contributed by atoms with E-state index < -0.39 is 46.1 Å². The minimum absolute atomic E-state index is 0.0136. The van der Waals surface area contributed by atoms with Crippen molar-refractivity contribution in [2.24, 2.45) is 5.10 Å². The molecule has 1 aromatic heterocycles. The Kier molecular flexibility index (Phi) is 6.57. The molecular weight excluding hydrogens is 485 g/mol. The van der Waals surface area contributed by atoms with Crippen molar-refractivity contribution >= 4 is 46.7 Å². The Morgan fingerprint density at radius 2 is 1.91 bits per heavy atom. The molecule has 0 spiro atoms. The van der Waals surface area contributed by atoms with E-state index in [-0.39, 0.29) is 16.5 Å². The van der Waals surface area contributed by atoms with Gasteiger partial charge in [0.05, 0.1) is 15.6 Å². The summed E-state index contributed by atoms with van der Waals surface area (Å²) in [5.74, 6) is -4.21. The highest BCUT2D eigenvalue weighted by atomic mass is 35.5. The quantitative estimate of drug-likeness (QED) is 0.481. The molecule has 1 aliphatic rings. The fourth-order valence-corrected chi connectivity index (χ4v) is 2.81. The van der Waals surface area contributed by atoms with Crippen molar-refractivity contribution in [1.82, 2.24) is 26.4 Å². The summed E-state index contributed by atoms with van der Waals surface area (Å²) < 4.78 is 56.3. The zero-order valence-electron chi connectivity index (χ0n) is 15.6. The van der Waals surface area contributed by atoms with Gasteiger partial charge in [-0.1, -0.05) is 23.2 Å².